The van der Waals surface area contributed by atoms with Crippen molar-refractivity contribution in [2.24, 2.45) is 4.99 Å². The number of aliphatic imine (C=N–C) groups is 1. The number of benzene rings is 1. The lowest BCUT2D eigenvalue weighted by Gasteiger charge is -2.29. The first kappa shape index (κ1) is 26.2. The van der Waals surface area contributed by atoms with Gasteiger partial charge in [-0.05, 0) is 19.4 Å². The Bertz CT molecular complexity index is 1040. The maximum Gasteiger partial charge on any atom is 0.332 e. The number of amides is 3. The van der Waals surface area contributed by atoms with Crippen molar-refractivity contribution in [3.05, 3.63) is 53.9 Å². The molecule has 1 saturated heterocycles. The summed E-state index contributed by atoms with van der Waals surface area (Å²) >= 11 is 0. The summed E-state index contributed by atoms with van der Waals surface area (Å²) in [5.74, 6) is 1.19. The number of aromatic nitrogens is 2. The van der Waals surface area contributed by atoms with Gasteiger partial charge in [0.2, 0.25) is 11.9 Å². The Hall–Kier alpha value is -3.46. The monoisotopic (exact) mass is 479 g/mol. The third-order valence-corrected chi connectivity index (χ3v) is 6.02. The Balaban J connectivity index is 1.90. The predicted octanol–water partition coefficient (Wildman–Crippen LogP) is 3.44. The number of allylic oxidation sites excluding steroid dienone is 1. The molecule has 1 aliphatic rings. The van der Waals surface area contributed by atoms with Crippen LogP contribution in [-0.4, -0.2) is 72.4 Å². The molecule has 0 spiro atoms. The van der Waals surface area contributed by atoms with Gasteiger partial charge in [0, 0.05) is 65.0 Å². The number of nitrogens with one attached hydrogen (secondary N) is 1. The highest BCUT2D eigenvalue weighted by molar-refractivity contribution is 6.02. The molecule has 188 valence electrons. The molecule has 9 heteroatoms. The van der Waals surface area contributed by atoms with Crippen molar-refractivity contribution in [2.75, 3.05) is 49.6 Å². The van der Waals surface area contributed by atoms with Crippen molar-refractivity contribution in [1.82, 2.24) is 19.8 Å². The summed E-state index contributed by atoms with van der Waals surface area (Å²) in [5.41, 5.74) is 2.05. The standard InChI is InChI=1S/C26H37N7O2/c1-5-13-27-14-10-17-32(23(34)6-2)26(35)30(4)24-21(3)33(20-22-11-8-7-9-12-22)25(29-24)31-18-15-28-16-19-31/h5,7-9,11-14,28H,6,10,15-20H2,1-4H3/b13-5-,27-14?. The number of imide groups is 1. The molecule has 2 heterocycles. The minimum absolute atomic E-state index is 0.218. The first-order chi connectivity index (χ1) is 17.0. The maximum absolute atomic E-state index is 13.5. The van der Waals surface area contributed by atoms with E-state index in [2.05, 4.69) is 31.9 Å². The van der Waals surface area contributed by atoms with E-state index < -0.39 is 0 Å². The van der Waals surface area contributed by atoms with Crippen LogP contribution in [0.2, 0.25) is 0 Å². The molecule has 1 aromatic heterocycles. The maximum atomic E-state index is 13.5. The predicted molar refractivity (Wildman–Crippen MR) is 141 cm³/mol. The molecular formula is C26H37N7O2. The number of anilines is 2. The third kappa shape index (κ3) is 6.57. The van der Waals surface area contributed by atoms with Crippen LogP contribution in [0.1, 0.15) is 37.9 Å². The average Bonchev–Trinajstić information content (AvgIpc) is 3.21. The summed E-state index contributed by atoms with van der Waals surface area (Å²) in [4.78, 5) is 40.2. The molecule has 0 atom stereocenters. The summed E-state index contributed by atoms with van der Waals surface area (Å²) in [7, 11) is 1.69. The van der Waals surface area contributed by atoms with Crippen LogP contribution in [0, 0.1) is 6.92 Å². The zero-order valence-corrected chi connectivity index (χ0v) is 21.3. The molecule has 9 nitrogen and oxygen atoms in total. The molecule has 35 heavy (non-hydrogen) atoms. The Kier molecular flexibility index (Phi) is 9.60. The number of carbonyl (C=O) groups excluding carboxylic acids is 2. The molecule has 1 N–H and O–H groups in total. The van der Waals surface area contributed by atoms with Crippen LogP contribution in [0.5, 0.6) is 0 Å². The second kappa shape index (κ2) is 12.9. The van der Waals surface area contributed by atoms with Gasteiger partial charge in [0.05, 0.1) is 12.2 Å². The summed E-state index contributed by atoms with van der Waals surface area (Å²) in [6.07, 6.45) is 5.96. The van der Waals surface area contributed by atoms with E-state index in [1.165, 1.54) is 9.80 Å². The van der Waals surface area contributed by atoms with Crippen molar-refractivity contribution in [1.29, 1.82) is 0 Å². The van der Waals surface area contributed by atoms with Gasteiger partial charge in [0.15, 0.2) is 5.82 Å². The van der Waals surface area contributed by atoms with E-state index in [4.69, 9.17) is 4.98 Å². The molecule has 0 unspecified atom stereocenters. The Morgan fingerprint density at radius 1 is 1.20 bits per heavy atom. The van der Waals surface area contributed by atoms with Gasteiger partial charge in [-0.1, -0.05) is 43.3 Å². The van der Waals surface area contributed by atoms with Crippen LogP contribution in [0.3, 0.4) is 0 Å². The van der Waals surface area contributed by atoms with Crippen molar-refractivity contribution >= 4 is 29.9 Å². The van der Waals surface area contributed by atoms with Crippen LogP contribution in [0.4, 0.5) is 16.6 Å². The van der Waals surface area contributed by atoms with Crippen LogP contribution in [0.25, 0.3) is 0 Å². The van der Waals surface area contributed by atoms with Gasteiger partial charge in [0.25, 0.3) is 0 Å². The fraction of sp³-hybridized carbons (Fsp3) is 0.462. The normalized spacial score (nSPS) is 14.1. The Morgan fingerprint density at radius 3 is 2.57 bits per heavy atom. The highest BCUT2D eigenvalue weighted by Gasteiger charge is 2.29. The zero-order chi connectivity index (χ0) is 25.2. The third-order valence-electron chi connectivity index (χ3n) is 6.02. The lowest BCUT2D eigenvalue weighted by molar-refractivity contribution is -0.127. The number of imidazole rings is 1. The van der Waals surface area contributed by atoms with E-state index in [0.29, 0.717) is 18.8 Å². The lowest BCUT2D eigenvalue weighted by atomic mass is 10.2. The molecular weight excluding hydrogens is 442 g/mol. The summed E-state index contributed by atoms with van der Waals surface area (Å²) in [6, 6.07) is 9.85. The first-order valence-electron chi connectivity index (χ1n) is 12.3. The van der Waals surface area contributed by atoms with E-state index in [1.54, 1.807) is 26.4 Å². The molecule has 0 radical (unpaired) electrons. The summed E-state index contributed by atoms with van der Waals surface area (Å²) < 4.78 is 2.16. The van der Waals surface area contributed by atoms with Crippen molar-refractivity contribution in [3.8, 4) is 0 Å². The van der Waals surface area contributed by atoms with Crippen molar-refractivity contribution in [2.45, 2.75) is 40.2 Å². The van der Waals surface area contributed by atoms with Crippen molar-refractivity contribution in [3.63, 3.8) is 0 Å². The molecule has 3 amide bonds. The number of hydrogen-bond acceptors (Lipinski definition) is 6. The molecule has 0 aliphatic carbocycles. The zero-order valence-electron chi connectivity index (χ0n) is 21.3. The highest BCUT2D eigenvalue weighted by Crippen LogP contribution is 2.28. The van der Waals surface area contributed by atoms with Gasteiger partial charge < -0.3 is 14.8 Å². The van der Waals surface area contributed by atoms with E-state index in [9.17, 15) is 9.59 Å². The van der Waals surface area contributed by atoms with E-state index >= 15 is 0 Å². The summed E-state index contributed by atoms with van der Waals surface area (Å²) in [6.45, 7) is 10.0. The second-order valence-electron chi connectivity index (χ2n) is 8.47. The first-order valence-corrected chi connectivity index (χ1v) is 12.3. The highest BCUT2D eigenvalue weighted by atomic mass is 16.2. The van der Waals surface area contributed by atoms with Gasteiger partial charge in [-0.25, -0.2) is 4.79 Å². The minimum atomic E-state index is -0.379. The molecule has 1 fully saturated rings. The largest absolute Gasteiger partial charge is 0.340 e. The van der Waals surface area contributed by atoms with Gasteiger partial charge in [-0.3, -0.25) is 19.6 Å². The number of urea groups is 1. The lowest BCUT2D eigenvalue weighted by Crippen LogP contribution is -2.45. The number of hydrogen-bond donors (Lipinski definition) is 1. The minimum Gasteiger partial charge on any atom is -0.340 e. The number of rotatable bonds is 9. The van der Waals surface area contributed by atoms with Crippen LogP contribution >= 0.6 is 0 Å². The molecule has 1 aromatic carbocycles. The van der Waals surface area contributed by atoms with E-state index in [1.807, 2.05) is 38.1 Å². The van der Waals surface area contributed by atoms with Crippen LogP contribution in [0.15, 0.2) is 47.6 Å². The molecule has 2 aromatic rings. The van der Waals surface area contributed by atoms with Gasteiger partial charge in [0.1, 0.15) is 0 Å². The van der Waals surface area contributed by atoms with Crippen LogP contribution < -0.4 is 15.1 Å². The molecule has 1 aliphatic heterocycles. The average molecular weight is 480 g/mol. The van der Waals surface area contributed by atoms with Gasteiger partial charge in [-0.2, -0.15) is 4.98 Å². The van der Waals surface area contributed by atoms with Crippen molar-refractivity contribution < 1.29 is 9.59 Å². The molecule has 3 rings (SSSR count). The molecule has 0 bridgehead atoms. The number of nitrogens with zero attached hydrogens (tertiary/aromatic N) is 6. The smallest absolute Gasteiger partial charge is 0.332 e. The quantitative estimate of drug-likeness (QED) is 0.557. The van der Waals surface area contributed by atoms with Crippen LogP contribution in [-0.2, 0) is 11.3 Å². The van der Waals surface area contributed by atoms with Gasteiger partial charge >= 0.3 is 6.03 Å². The summed E-state index contributed by atoms with van der Waals surface area (Å²) in [5, 5.41) is 3.38. The molecule has 0 saturated carbocycles. The second-order valence-corrected chi connectivity index (χ2v) is 8.47. The van der Waals surface area contributed by atoms with Gasteiger partial charge in [-0.15, -0.1) is 0 Å². The van der Waals surface area contributed by atoms with E-state index in [-0.39, 0.29) is 24.9 Å². The SMILES string of the molecule is C/C=C\N=CCCN(C(=O)CC)C(=O)N(C)c1nc(N2CCNCC2)n(Cc2ccccc2)c1C. The van der Waals surface area contributed by atoms with E-state index in [0.717, 1.165) is 43.4 Å². The topological polar surface area (TPSA) is 86.1 Å². The number of piperazine rings is 1. The number of carbonyl (C=O) groups is 2. The fourth-order valence-electron chi connectivity index (χ4n) is 4.08. The Morgan fingerprint density at radius 2 is 1.91 bits per heavy atom. The fourth-order valence-corrected chi connectivity index (χ4v) is 4.08. The Labute approximate surface area is 208 Å².